The molecule has 7 heteroatoms. The van der Waals surface area contributed by atoms with Gasteiger partial charge in [-0.15, -0.1) is 0 Å². The Hall–Kier alpha value is -1.85. The van der Waals surface area contributed by atoms with Gasteiger partial charge in [-0.05, 0) is 18.2 Å². The SMILES string of the molecule is O=C(O)c1cc(Nc2cncc(Cl)n2)ccc1Cl. The van der Waals surface area contributed by atoms with Crippen LogP contribution < -0.4 is 5.32 Å². The van der Waals surface area contributed by atoms with Crippen LogP contribution in [-0.2, 0) is 0 Å². The van der Waals surface area contributed by atoms with E-state index in [-0.39, 0.29) is 15.7 Å². The van der Waals surface area contributed by atoms with Crippen LogP contribution in [0.5, 0.6) is 0 Å². The Morgan fingerprint density at radius 3 is 2.72 bits per heavy atom. The van der Waals surface area contributed by atoms with E-state index in [0.29, 0.717) is 11.5 Å². The van der Waals surface area contributed by atoms with Gasteiger partial charge in [-0.3, -0.25) is 4.98 Å². The van der Waals surface area contributed by atoms with Crippen molar-refractivity contribution in [3.05, 3.63) is 46.3 Å². The van der Waals surface area contributed by atoms with Crippen molar-refractivity contribution < 1.29 is 9.90 Å². The molecule has 2 rings (SSSR count). The minimum atomic E-state index is -1.10. The highest BCUT2D eigenvalue weighted by atomic mass is 35.5. The van der Waals surface area contributed by atoms with Gasteiger partial charge in [0.05, 0.1) is 23.0 Å². The van der Waals surface area contributed by atoms with E-state index >= 15 is 0 Å². The smallest absolute Gasteiger partial charge is 0.337 e. The average molecular weight is 284 g/mol. The standard InChI is InChI=1S/C11H7Cl2N3O2/c12-8-2-1-6(3-7(8)11(17)18)15-10-5-14-4-9(13)16-10/h1-5H,(H,15,16)(H,17,18). The number of nitrogens with one attached hydrogen (secondary N) is 1. The van der Waals surface area contributed by atoms with Crippen LogP contribution in [0.15, 0.2) is 30.6 Å². The molecule has 0 aliphatic rings. The lowest BCUT2D eigenvalue weighted by atomic mass is 10.2. The van der Waals surface area contributed by atoms with Crippen LogP contribution in [-0.4, -0.2) is 21.0 Å². The van der Waals surface area contributed by atoms with Gasteiger partial charge in [0.1, 0.15) is 5.15 Å². The largest absolute Gasteiger partial charge is 0.478 e. The summed E-state index contributed by atoms with van der Waals surface area (Å²) in [6.45, 7) is 0. The number of rotatable bonds is 3. The molecule has 0 unspecified atom stereocenters. The van der Waals surface area contributed by atoms with Crippen LogP contribution in [0.3, 0.4) is 0 Å². The molecule has 0 aliphatic carbocycles. The van der Waals surface area contributed by atoms with Gasteiger partial charge in [0.2, 0.25) is 0 Å². The Morgan fingerprint density at radius 1 is 1.28 bits per heavy atom. The molecule has 2 N–H and O–H groups in total. The van der Waals surface area contributed by atoms with Crippen LogP contribution >= 0.6 is 23.2 Å². The molecule has 0 radical (unpaired) electrons. The van der Waals surface area contributed by atoms with Gasteiger partial charge in [0.25, 0.3) is 0 Å². The van der Waals surface area contributed by atoms with Crippen LogP contribution in [0.25, 0.3) is 0 Å². The monoisotopic (exact) mass is 283 g/mol. The van der Waals surface area contributed by atoms with E-state index < -0.39 is 5.97 Å². The highest BCUT2D eigenvalue weighted by molar-refractivity contribution is 6.33. The van der Waals surface area contributed by atoms with Crippen molar-refractivity contribution in [3.8, 4) is 0 Å². The Balaban J connectivity index is 2.30. The minimum absolute atomic E-state index is 0.0108. The zero-order valence-corrected chi connectivity index (χ0v) is 10.4. The molecule has 0 atom stereocenters. The number of hydrogen-bond acceptors (Lipinski definition) is 4. The highest BCUT2D eigenvalue weighted by Crippen LogP contribution is 2.22. The minimum Gasteiger partial charge on any atom is -0.478 e. The number of aromatic nitrogens is 2. The normalized spacial score (nSPS) is 10.1. The fraction of sp³-hybridized carbons (Fsp3) is 0. The third-order valence-electron chi connectivity index (χ3n) is 2.07. The third-order valence-corrected chi connectivity index (χ3v) is 2.59. The van der Waals surface area contributed by atoms with Crippen LogP contribution in [0, 0.1) is 0 Å². The predicted molar refractivity (Wildman–Crippen MR) is 68.7 cm³/mol. The number of halogens is 2. The van der Waals surface area contributed by atoms with E-state index in [1.165, 1.54) is 24.5 Å². The maximum Gasteiger partial charge on any atom is 0.337 e. The number of carboxylic acid groups (broad SMARTS) is 1. The van der Waals surface area contributed by atoms with Crippen LogP contribution in [0.1, 0.15) is 10.4 Å². The molecular weight excluding hydrogens is 277 g/mol. The van der Waals surface area contributed by atoms with Crippen molar-refractivity contribution in [2.45, 2.75) is 0 Å². The van der Waals surface area contributed by atoms with Gasteiger partial charge in [-0.2, -0.15) is 0 Å². The summed E-state index contributed by atoms with van der Waals surface area (Å²) >= 11 is 11.5. The third kappa shape index (κ3) is 2.88. The first-order valence-corrected chi connectivity index (χ1v) is 5.59. The molecule has 1 aromatic carbocycles. The number of carboxylic acids is 1. The van der Waals surface area contributed by atoms with E-state index in [9.17, 15) is 4.79 Å². The van der Waals surface area contributed by atoms with Crippen molar-refractivity contribution in [2.24, 2.45) is 0 Å². The molecule has 0 saturated carbocycles. The van der Waals surface area contributed by atoms with E-state index in [1.807, 2.05) is 0 Å². The summed E-state index contributed by atoms with van der Waals surface area (Å²) in [4.78, 5) is 18.8. The quantitative estimate of drug-likeness (QED) is 0.905. The van der Waals surface area contributed by atoms with E-state index in [2.05, 4.69) is 15.3 Å². The lowest BCUT2D eigenvalue weighted by Gasteiger charge is -2.07. The number of aromatic carboxylic acids is 1. The van der Waals surface area contributed by atoms with Gasteiger partial charge in [0, 0.05) is 5.69 Å². The summed E-state index contributed by atoms with van der Waals surface area (Å²) in [5, 5.41) is 12.2. The predicted octanol–water partition coefficient (Wildman–Crippen LogP) is 3.23. The van der Waals surface area contributed by atoms with E-state index in [4.69, 9.17) is 28.3 Å². The van der Waals surface area contributed by atoms with Crippen molar-refractivity contribution >= 4 is 40.7 Å². The Kier molecular flexibility index (Phi) is 3.64. The molecule has 0 amide bonds. The van der Waals surface area contributed by atoms with Crippen molar-refractivity contribution in [1.82, 2.24) is 9.97 Å². The van der Waals surface area contributed by atoms with Gasteiger partial charge in [0.15, 0.2) is 5.82 Å². The molecular formula is C11H7Cl2N3O2. The van der Waals surface area contributed by atoms with E-state index in [1.54, 1.807) is 6.07 Å². The second-order valence-electron chi connectivity index (χ2n) is 3.35. The molecule has 0 fully saturated rings. The zero-order valence-electron chi connectivity index (χ0n) is 8.89. The second kappa shape index (κ2) is 5.20. The van der Waals surface area contributed by atoms with Gasteiger partial charge in [-0.1, -0.05) is 23.2 Å². The first-order chi connectivity index (χ1) is 8.56. The van der Waals surface area contributed by atoms with E-state index in [0.717, 1.165) is 0 Å². The topological polar surface area (TPSA) is 75.1 Å². The van der Waals surface area contributed by atoms with Crippen LogP contribution in [0.2, 0.25) is 10.2 Å². The first kappa shape index (κ1) is 12.6. The number of benzene rings is 1. The maximum absolute atomic E-state index is 10.9. The summed E-state index contributed by atoms with van der Waals surface area (Å²) in [6.07, 6.45) is 2.87. The van der Waals surface area contributed by atoms with Gasteiger partial charge < -0.3 is 10.4 Å². The Labute approximate surface area is 112 Å². The summed E-state index contributed by atoms with van der Waals surface area (Å²) < 4.78 is 0. The summed E-state index contributed by atoms with van der Waals surface area (Å²) in [7, 11) is 0. The summed E-state index contributed by atoms with van der Waals surface area (Å²) in [5.41, 5.74) is 0.546. The average Bonchev–Trinajstić information content (AvgIpc) is 2.31. The fourth-order valence-corrected chi connectivity index (χ4v) is 1.66. The molecule has 92 valence electrons. The molecule has 0 spiro atoms. The molecule has 18 heavy (non-hydrogen) atoms. The fourth-order valence-electron chi connectivity index (χ4n) is 1.32. The Morgan fingerprint density at radius 2 is 2.06 bits per heavy atom. The van der Waals surface area contributed by atoms with Crippen molar-refractivity contribution in [1.29, 1.82) is 0 Å². The molecule has 1 heterocycles. The molecule has 2 aromatic rings. The summed E-state index contributed by atoms with van der Waals surface area (Å²) in [5.74, 6) is -0.679. The molecule has 0 saturated heterocycles. The van der Waals surface area contributed by atoms with Crippen molar-refractivity contribution in [2.75, 3.05) is 5.32 Å². The van der Waals surface area contributed by atoms with Crippen LogP contribution in [0.4, 0.5) is 11.5 Å². The molecule has 0 aliphatic heterocycles. The Bertz CT molecular complexity index is 605. The first-order valence-electron chi connectivity index (χ1n) is 4.83. The number of anilines is 2. The van der Waals surface area contributed by atoms with Gasteiger partial charge >= 0.3 is 5.97 Å². The summed E-state index contributed by atoms with van der Waals surface area (Å²) in [6, 6.07) is 4.54. The van der Waals surface area contributed by atoms with Crippen molar-refractivity contribution in [3.63, 3.8) is 0 Å². The number of nitrogens with zero attached hydrogens (tertiary/aromatic N) is 2. The lowest BCUT2D eigenvalue weighted by molar-refractivity contribution is 0.0697. The van der Waals surface area contributed by atoms with Gasteiger partial charge in [-0.25, -0.2) is 9.78 Å². The number of carbonyl (C=O) groups is 1. The lowest BCUT2D eigenvalue weighted by Crippen LogP contribution is -2.00. The number of hydrogen-bond donors (Lipinski definition) is 2. The zero-order chi connectivity index (χ0) is 13.1. The molecule has 0 bridgehead atoms. The highest BCUT2D eigenvalue weighted by Gasteiger charge is 2.09. The maximum atomic E-state index is 10.9. The second-order valence-corrected chi connectivity index (χ2v) is 4.15. The molecule has 1 aromatic heterocycles. The molecule has 5 nitrogen and oxygen atoms in total.